The molecule has 754 valence electrons. The Morgan fingerprint density at radius 2 is 0.609 bits per heavy atom. The molecule has 0 radical (unpaired) electrons. The molecule has 0 bridgehead atoms. The zero-order chi connectivity index (χ0) is 98.7. The van der Waals surface area contributed by atoms with Gasteiger partial charge in [-0.15, -0.1) is 0 Å². The molecular formula is C109H152N8O17S4. The first-order chi connectivity index (χ1) is 66.0. The number of hydroxylamine groups is 1. The smallest absolute Gasteiger partial charge is 0.264 e. The van der Waals surface area contributed by atoms with Crippen molar-refractivity contribution in [2.24, 2.45) is 53.3 Å². The maximum absolute atomic E-state index is 13.9. The summed E-state index contributed by atoms with van der Waals surface area (Å²) in [4.78, 5) is 14.1. The van der Waals surface area contributed by atoms with Crippen LogP contribution in [-0.4, -0.2) is 184 Å². The molecule has 5 fully saturated rings. The zero-order valence-corrected chi connectivity index (χ0v) is 86.9. The molecule has 138 heavy (non-hydrogen) atoms. The number of benzene rings is 8. The summed E-state index contributed by atoms with van der Waals surface area (Å²) in [5.74, 6) is 3.67. The summed E-state index contributed by atoms with van der Waals surface area (Å²) in [6, 6.07) is 52.5. The normalized spacial score (nSPS) is 21.3. The Hall–Kier alpha value is -8.40. The lowest BCUT2D eigenvalue weighted by molar-refractivity contribution is -0.0470. The molecule has 0 spiro atoms. The standard InChI is InChI=1S/2C28H40N2O4S.C27H36N2O4S.C26H36N2O5S/c2*1-5-22-6-8-24(9-7-22)30(19-20(2)3)35(32,33)25-10-11-27-26(18-25)28(31)12-15-29(27)21(4)23-13-16-34-17-14-23;1-4-19-5-7-20(8-6-19)29(14-18(2)3)34(31,32)21-9-10-26-22(13-21)27(30)11-12-28(26)15-23-24-16-33-17-25(23)24;1-4-20-5-7-21(8-6-20)28(18-19(2)3)34(30,31)23-9-10-25-24(17-23)26(29)11-14-27(25)33-22-12-15-32-16-13-22/h2*6-11,18,20-21,23,28,31H,5,12-17,19H2,1-4H3;5-10,13,18,23-25,27,30H,4,11-12,14-17H2,1-3H3;5-10,17,19,22,26,29H,4,11-16,18H2,1-3H3/t2*21-,28?;23?,24-,25+,27?;/m11../s1. The van der Waals surface area contributed by atoms with Gasteiger partial charge in [0.15, 0.2) is 0 Å². The van der Waals surface area contributed by atoms with Gasteiger partial charge in [-0.1, -0.05) is 132 Å². The summed E-state index contributed by atoms with van der Waals surface area (Å²) in [7, 11) is -15.2. The number of hydrogen-bond donors (Lipinski definition) is 4. The van der Waals surface area contributed by atoms with Gasteiger partial charge in [-0.25, -0.2) is 33.7 Å². The predicted molar refractivity (Wildman–Crippen MR) is 551 cm³/mol. The van der Waals surface area contributed by atoms with Crippen LogP contribution < -0.4 is 37.0 Å². The zero-order valence-electron chi connectivity index (χ0n) is 83.6. The van der Waals surface area contributed by atoms with Crippen molar-refractivity contribution in [1.82, 2.24) is 0 Å². The molecule has 9 aliphatic rings. The van der Waals surface area contributed by atoms with Crippen LogP contribution in [0, 0.1) is 53.3 Å². The Labute approximate surface area is 823 Å². The Bertz CT molecular complexity index is 5460. The molecule has 9 atom stereocenters. The number of aliphatic hydroxyl groups excluding tert-OH is 4. The number of hydrogen-bond acceptors (Lipinski definition) is 21. The van der Waals surface area contributed by atoms with Crippen LogP contribution in [0.1, 0.15) is 230 Å². The second-order valence-corrected chi connectivity index (χ2v) is 48.1. The fourth-order valence-electron chi connectivity index (χ4n) is 20.7. The highest BCUT2D eigenvalue weighted by Gasteiger charge is 2.55. The Morgan fingerprint density at radius 3 is 0.920 bits per heavy atom. The Kier molecular flexibility index (Phi) is 35.7. The van der Waals surface area contributed by atoms with Crippen LogP contribution in [0.4, 0.5) is 45.5 Å². The van der Waals surface area contributed by atoms with Gasteiger partial charge in [0, 0.05) is 150 Å². The quantitative estimate of drug-likeness (QED) is 0.0305. The summed E-state index contributed by atoms with van der Waals surface area (Å²) in [5.41, 5.74) is 13.7. The van der Waals surface area contributed by atoms with Gasteiger partial charge >= 0.3 is 0 Å². The van der Waals surface area contributed by atoms with Gasteiger partial charge in [0.1, 0.15) is 0 Å². The second kappa shape index (κ2) is 46.8. The third-order valence-corrected chi connectivity index (χ3v) is 36.3. The minimum absolute atomic E-state index is 0.0628. The average molecular weight is 1970 g/mol. The second-order valence-electron chi connectivity index (χ2n) is 40.7. The first-order valence-electron chi connectivity index (χ1n) is 50.8. The van der Waals surface area contributed by atoms with Gasteiger partial charge in [0.2, 0.25) is 0 Å². The van der Waals surface area contributed by atoms with Crippen molar-refractivity contribution in [3.63, 3.8) is 0 Å². The lowest BCUT2D eigenvalue weighted by atomic mass is 9.89. The third kappa shape index (κ3) is 24.7. The number of rotatable bonds is 32. The molecule has 29 heteroatoms. The van der Waals surface area contributed by atoms with E-state index in [2.05, 4.69) is 56.2 Å². The van der Waals surface area contributed by atoms with E-state index in [9.17, 15) is 54.1 Å². The molecule has 8 aliphatic heterocycles. The van der Waals surface area contributed by atoms with Crippen LogP contribution in [0.25, 0.3) is 0 Å². The summed E-state index contributed by atoms with van der Waals surface area (Å²) < 4.78 is 139. The van der Waals surface area contributed by atoms with Crippen molar-refractivity contribution in [3.8, 4) is 0 Å². The predicted octanol–water partition coefficient (Wildman–Crippen LogP) is 19.0. The fraction of sp³-hybridized carbons (Fsp3) is 0.560. The van der Waals surface area contributed by atoms with Crippen LogP contribution >= 0.6 is 0 Å². The maximum atomic E-state index is 13.9. The number of anilines is 8. The molecule has 4 N–H and O–H groups in total. The van der Waals surface area contributed by atoms with E-state index >= 15 is 0 Å². The third-order valence-electron chi connectivity index (χ3n) is 29.1. The Morgan fingerprint density at radius 1 is 0.333 bits per heavy atom. The van der Waals surface area contributed by atoms with E-state index in [-0.39, 0.29) is 49.4 Å². The van der Waals surface area contributed by atoms with Gasteiger partial charge in [-0.2, -0.15) is 0 Å². The van der Waals surface area contributed by atoms with Gasteiger partial charge in [0.05, 0.1) is 91.8 Å². The summed E-state index contributed by atoms with van der Waals surface area (Å²) in [6.45, 7) is 40.6. The van der Waals surface area contributed by atoms with E-state index in [0.29, 0.717) is 153 Å². The minimum atomic E-state index is -3.82. The summed E-state index contributed by atoms with van der Waals surface area (Å²) in [6.07, 6.45) is 9.01. The molecule has 1 aliphatic carbocycles. The highest BCUT2D eigenvalue weighted by molar-refractivity contribution is 7.93. The van der Waals surface area contributed by atoms with Gasteiger partial charge < -0.3 is 54.1 Å². The van der Waals surface area contributed by atoms with Crippen molar-refractivity contribution >= 4 is 85.6 Å². The minimum Gasteiger partial charge on any atom is -0.388 e. The van der Waals surface area contributed by atoms with Crippen LogP contribution in [0.3, 0.4) is 0 Å². The average Bonchev–Trinajstić information content (AvgIpc) is 1.12. The van der Waals surface area contributed by atoms with E-state index in [0.717, 1.165) is 164 Å². The molecule has 17 rings (SSSR count). The topological polar surface area (TPSA) is 290 Å². The van der Waals surface area contributed by atoms with Crippen LogP contribution in [0.15, 0.2) is 189 Å². The molecule has 0 amide bonds. The first-order valence-corrected chi connectivity index (χ1v) is 56.6. The number of nitrogens with zero attached hydrogens (tertiary/aromatic N) is 8. The van der Waals surface area contributed by atoms with Crippen LogP contribution in [-0.2, 0) is 89.6 Å². The number of aliphatic hydroxyl groups is 4. The van der Waals surface area contributed by atoms with E-state index in [1.54, 1.807) is 54.6 Å². The van der Waals surface area contributed by atoms with E-state index in [4.69, 9.17) is 23.8 Å². The lowest BCUT2D eigenvalue weighted by Crippen LogP contribution is -2.44. The van der Waals surface area contributed by atoms with Gasteiger partial charge in [-0.3, -0.25) is 27.1 Å². The van der Waals surface area contributed by atoms with Crippen molar-refractivity contribution in [1.29, 1.82) is 0 Å². The molecule has 8 aromatic rings. The molecule has 0 aromatic heterocycles. The molecule has 1 saturated carbocycles. The SMILES string of the molecule is CCc1ccc(N(CC(C)C)S(=O)(=O)c2ccc3c(c2)C(O)CCN3CC2[C@H]3COC[C@@H]23)cc1.CCc1ccc(N(CC(C)C)S(=O)(=O)c2ccc3c(c2)C(O)CCN3OC2CCOCC2)cc1.CCc1ccc(N(CC(C)C)S(=O)(=O)c2ccc3c(c2)C(O)CCN3[C@H](C)C2CCOCC2)cc1.CCc1ccc(N(CC(C)C)S(=O)(=O)c2ccc3c(c2)C(O)CCN3[C@H](C)C2CCOCC2)cc1. The van der Waals surface area contributed by atoms with Gasteiger partial charge in [0.25, 0.3) is 40.1 Å². The largest absolute Gasteiger partial charge is 0.388 e. The molecule has 5 unspecified atom stereocenters. The highest BCUT2D eigenvalue weighted by Crippen LogP contribution is 2.53. The number of ether oxygens (including phenoxy) is 4. The van der Waals surface area contributed by atoms with Crippen molar-refractivity contribution in [3.05, 3.63) is 214 Å². The fourth-order valence-corrected chi connectivity index (χ4v) is 27.4. The monoisotopic (exact) mass is 1970 g/mol. The number of sulfonamides is 4. The van der Waals surface area contributed by atoms with Crippen LogP contribution in [0.2, 0.25) is 0 Å². The lowest BCUT2D eigenvalue weighted by Gasteiger charge is -2.42. The highest BCUT2D eigenvalue weighted by atomic mass is 32.2. The van der Waals surface area contributed by atoms with Crippen LogP contribution in [0.5, 0.6) is 0 Å². The van der Waals surface area contributed by atoms with Crippen molar-refractivity contribution in [2.75, 3.05) is 149 Å². The maximum Gasteiger partial charge on any atom is 0.264 e. The van der Waals surface area contributed by atoms with E-state index in [1.165, 1.54) is 33.9 Å². The molecular weight excluding hydrogens is 1820 g/mol. The molecule has 4 saturated heterocycles. The van der Waals surface area contributed by atoms with Crippen molar-refractivity contribution in [2.45, 2.75) is 249 Å². The molecule has 8 heterocycles. The Balaban J connectivity index is 0.000000147. The van der Waals surface area contributed by atoms with E-state index in [1.807, 2.05) is 176 Å². The number of aryl methyl sites for hydroxylation is 4. The number of fused-ring (bicyclic) bond motifs is 5. The van der Waals surface area contributed by atoms with Gasteiger partial charge in [-0.05, 0) is 301 Å². The van der Waals surface area contributed by atoms with E-state index < -0.39 is 64.5 Å². The van der Waals surface area contributed by atoms with Crippen molar-refractivity contribution < 1.29 is 77.9 Å². The first kappa shape index (κ1) is 105. The summed E-state index contributed by atoms with van der Waals surface area (Å²) in [5, 5.41) is 45.0. The molecule has 25 nitrogen and oxygen atoms in total. The molecule has 8 aromatic carbocycles. The summed E-state index contributed by atoms with van der Waals surface area (Å²) >= 11 is 0.